The van der Waals surface area contributed by atoms with Gasteiger partial charge in [-0.25, -0.2) is 0 Å². The molecule has 1 fully saturated rings. The lowest BCUT2D eigenvalue weighted by molar-refractivity contribution is -0.138. The number of carbonyl (C=O) groups excluding carboxylic acids is 1. The van der Waals surface area contributed by atoms with Gasteiger partial charge in [-0.15, -0.1) is 0 Å². The zero-order valence-corrected chi connectivity index (χ0v) is 12.6. The van der Waals surface area contributed by atoms with Crippen molar-refractivity contribution in [1.29, 1.82) is 0 Å². The van der Waals surface area contributed by atoms with Gasteiger partial charge in [0.1, 0.15) is 5.60 Å². The van der Waals surface area contributed by atoms with Crippen LogP contribution in [-0.2, 0) is 9.53 Å². The molecule has 108 valence electrons. The molecule has 1 aliphatic rings. The number of nitrogens with one attached hydrogen (secondary N) is 2. The van der Waals surface area contributed by atoms with Crippen molar-refractivity contribution in [2.75, 3.05) is 13.1 Å². The predicted molar refractivity (Wildman–Crippen MR) is 75.7 cm³/mol. The van der Waals surface area contributed by atoms with Crippen LogP contribution in [0.3, 0.4) is 0 Å². The highest BCUT2D eigenvalue weighted by molar-refractivity contribution is 5.37. The molecule has 1 unspecified atom stereocenters. The first-order chi connectivity index (χ1) is 8.35. The lowest BCUT2D eigenvalue weighted by atomic mass is 10.1. The van der Waals surface area contributed by atoms with Crippen molar-refractivity contribution in [3.63, 3.8) is 0 Å². The summed E-state index contributed by atoms with van der Waals surface area (Å²) in [6, 6.07) is 1.33. The van der Waals surface area contributed by atoms with Gasteiger partial charge in [-0.1, -0.05) is 20.3 Å². The smallest absolute Gasteiger partial charge is 0.293 e. The van der Waals surface area contributed by atoms with Crippen LogP contribution in [-0.4, -0.2) is 37.2 Å². The Kier molecular flexibility index (Phi) is 9.02. The van der Waals surface area contributed by atoms with Crippen molar-refractivity contribution < 1.29 is 9.53 Å². The van der Waals surface area contributed by atoms with Gasteiger partial charge in [0.15, 0.2) is 0 Å². The molecule has 18 heavy (non-hydrogen) atoms. The molecule has 4 heteroatoms. The van der Waals surface area contributed by atoms with Crippen molar-refractivity contribution in [1.82, 2.24) is 10.6 Å². The first kappa shape index (κ1) is 17.4. The van der Waals surface area contributed by atoms with E-state index in [1.165, 1.54) is 25.8 Å². The Balaban J connectivity index is 0.000000360. The number of carbonyl (C=O) groups is 1. The standard InChI is InChI=1S/C9H20N2.C5H10O2/c1-8(2)11-9-5-3-4-6-10-7-9;1-5(2,3)7-4-6/h8-11H,3-7H2,1-2H3;4H,1-3H3. The largest absolute Gasteiger partial charge is 0.462 e. The molecular formula is C14H30N2O2. The van der Waals surface area contributed by atoms with Gasteiger partial charge in [0, 0.05) is 18.6 Å². The van der Waals surface area contributed by atoms with E-state index in [1.54, 1.807) is 0 Å². The summed E-state index contributed by atoms with van der Waals surface area (Å²) >= 11 is 0. The fraction of sp³-hybridized carbons (Fsp3) is 0.929. The zero-order valence-electron chi connectivity index (χ0n) is 12.6. The molecule has 1 aliphatic heterocycles. The van der Waals surface area contributed by atoms with Gasteiger partial charge in [0.05, 0.1) is 0 Å². The molecule has 0 amide bonds. The average Bonchev–Trinajstić information content (AvgIpc) is 2.44. The molecule has 0 bridgehead atoms. The molecule has 0 aromatic heterocycles. The minimum Gasteiger partial charge on any atom is -0.462 e. The highest BCUT2D eigenvalue weighted by Crippen LogP contribution is 2.04. The maximum absolute atomic E-state index is 9.60. The fourth-order valence-corrected chi connectivity index (χ4v) is 1.78. The van der Waals surface area contributed by atoms with Crippen LogP contribution in [0.1, 0.15) is 53.9 Å². The van der Waals surface area contributed by atoms with Crippen molar-refractivity contribution in [3.8, 4) is 0 Å². The maximum Gasteiger partial charge on any atom is 0.293 e. The number of hydrogen-bond acceptors (Lipinski definition) is 4. The minimum atomic E-state index is -0.318. The third kappa shape index (κ3) is 11.9. The average molecular weight is 258 g/mol. The quantitative estimate of drug-likeness (QED) is 0.761. The molecule has 0 radical (unpaired) electrons. The molecule has 1 atom stereocenters. The fourth-order valence-electron chi connectivity index (χ4n) is 1.78. The topological polar surface area (TPSA) is 50.4 Å². The van der Waals surface area contributed by atoms with E-state index >= 15 is 0 Å². The van der Waals surface area contributed by atoms with E-state index in [2.05, 4.69) is 29.2 Å². The van der Waals surface area contributed by atoms with Gasteiger partial charge in [0.2, 0.25) is 0 Å². The van der Waals surface area contributed by atoms with Crippen LogP contribution in [0.4, 0.5) is 0 Å². The summed E-state index contributed by atoms with van der Waals surface area (Å²) < 4.78 is 4.55. The monoisotopic (exact) mass is 258 g/mol. The highest BCUT2D eigenvalue weighted by Gasteiger charge is 2.11. The van der Waals surface area contributed by atoms with Crippen molar-refractivity contribution in [3.05, 3.63) is 0 Å². The summed E-state index contributed by atoms with van der Waals surface area (Å²) in [5, 5.41) is 7.00. The molecule has 4 nitrogen and oxygen atoms in total. The van der Waals surface area contributed by atoms with Crippen LogP contribution in [0.25, 0.3) is 0 Å². The van der Waals surface area contributed by atoms with Crippen LogP contribution in [0.2, 0.25) is 0 Å². The lowest BCUT2D eigenvalue weighted by Crippen LogP contribution is -2.40. The summed E-state index contributed by atoms with van der Waals surface area (Å²) in [4.78, 5) is 9.60. The second kappa shape index (κ2) is 9.34. The predicted octanol–water partition coefficient (Wildman–Crippen LogP) is 2.08. The van der Waals surface area contributed by atoms with Crippen LogP contribution >= 0.6 is 0 Å². The Morgan fingerprint density at radius 3 is 2.44 bits per heavy atom. The molecule has 2 N–H and O–H groups in total. The lowest BCUT2D eigenvalue weighted by Gasteiger charge is -2.18. The Morgan fingerprint density at radius 1 is 1.33 bits per heavy atom. The molecule has 1 heterocycles. The van der Waals surface area contributed by atoms with Gasteiger partial charge in [-0.2, -0.15) is 0 Å². The summed E-state index contributed by atoms with van der Waals surface area (Å²) in [5.41, 5.74) is -0.318. The molecule has 1 saturated heterocycles. The van der Waals surface area contributed by atoms with Gasteiger partial charge in [-0.3, -0.25) is 4.79 Å². The summed E-state index contributed by atoms with van der Waals surface area (Å²) in [5.74, 6) is 0. The van der Waals surface area contributed by atoms with Gasteiger partial charge < -0.3 is 15.4 Å². The van der Waals surface area contributed by atoms with Crippen LogP contribution in [0.15, 0.2) is 0 Å². The minimum absolute atomic E-state index is 0.318. The second-order valence-corrected chi connectivity index (χ2v) is 6.04. The van der Waals surface area contributed by atoms with Crippen molar-refractivity contribution in [2.24, 2.45) is 0 Å². The molecule has 0 aliphatic carbocycles. The van der Waals surface area contributed by atoms with E-state index in [4.69, 9.17) is 0 Å². The van der Waals surface area contributed by atoms with E-state index < -0.39 is 0 Å². The summed E-state index contributed by atoms with van der Waals surface area (Å²) in [7, 11) is 0. The Bertz CT molecular complexity index is 204. The Labute approximate surface area is 112 Å². The highest BCUT2D eigenvalue weighted by atomic mass is 16.5. The normalized spacial score (nSPS) is 20.7. The van der Waals surface area contributed by atoms with Crippen molar-refractivity contribution in [2.45, 2.75) is 71.6 Å². The number of hydrogen-bond donors (Lipinski definition) is 2. The summed E-state index contributed by atoms with van der Waals surface area (Å²) in [6.07, 6.45) is 4.05. The first-order valence-electron chi connectivity index (χ1n) is 6.93. The van der Waals surface area contributed by atoms with Crippen molar-refractivity contribution >= 4 is 6.47 Å². The first-order valence-corrected chi connectivity index (χ1v) is 6.93. The zero-order chi connectivity index (χ0) is 14.0. The number of ether oxygens (including phenoxy) is 1. The van der Waals surface area contributed by atoms with Gasteiger partial charge in [0.25, 0.3) is 6.47 Å². The molecular weight excluding hydrogens is 228 g/mol. The third-order valence-corrected chi connectivity index (χ3v) is 2.52. The molecule has 1 rings (SSSR count). The van der Waals surface area contributed by atoms with E-state index in [9.17, 15) is 4.79 Å². The molecule has 0 spiro atoms. The van der Waals surface area contributed by atoms with Gasteiger partial charge in [-0.05, 0) is 40.2 Å². The van der Waals surface area contributed by atoms with Crippen LogP contribution in [0, 0.1) is 0 Å². The Morgan fingerprint density at radius 2 is 2.00 bits per heavy atom. The van der Waals surface area contributed by atoms with E-state index in [0.717, 1.165) is 6.54 Å². The van der Waals surface area contributed by atoms with Crippen LogP contribution < -0.4 is 10.6 Å². The van der Waals surface area contributed by atoms with E-state index in [-0.39, 0.29) is 5.60 Å². The molecule has 0 aromatic rings. The Hall–Kier alpha value is -0.610. The second-order valence-electron chi connectivity index (χ2n) is 6.04. The SMILES string of the molecule is CC(C)(C)OC=O.CC(C)NC1CCCCNC1. The van der Waals surface area contributed by atoms with E-state index in [1.807, 2.05) is 20.8 Å². The van der Waals surface area contributed by atoms with Crippen LogP contribution in [0.5, 0.6) is 0 Å². The molecule has 0 saturated carbocycles. The number of rotatable bonds is 3. The third-order valence-electron chi connectivity index (χ3n) is 2.52. The molecule has 0 aromatic carbocycles. The maximum atomic E-state index is 9.60. The van der Waals surface area contributed by atoms with E-state index in [0.29, 0.717) is 18.6 Å². The van der Waals surface area contributed by atoms with Gasteiger partial charge >= 0.3 is 0 Å². The summed E-state index contributed by atoms with van der Waals surface area (Å²) in [6.45, 7) is 12.7.